The van der Waals surface area contributed by atoms with Gasteiger partial charge in [0.05, 0.1) is 0 Å². The Morgan fingerprint density at radius 1 is 0.643 bits per heavy atom. The third kappa shape index (κ3) is 5.49. The van der Waals surface area contributed by atoms with Crippen LogP contribution in [0.15, 0.2) is 78.9 Å². The molecule has 3 aromatic carbocycles. The Morgan fingerprint density at radius 3 is 1.64 bits per heavy atom. The van der Waals surface area contributed by atoms with E-state index < -0.39 is 0 Å². The zero-order valence-corrected chi connectivity index (χ0v) is 18.0. The molecule has 3 atom stereocenters. The van der Waals surface area contributed by atoms with E-state index in [0.29, 0.717) is 23.6 Å². The summed E-state index contributed by atoms with van der Waals surface area (Å²) in [5, 5.41) is 0. The number of alkyl halides is 1. The number of hydrogen-bond acceptors (Lipinski definition) is 0. The SMILES string of the molecule is Cc1ccc(C(C)CC(CC(C)c2ccc(CCl)cc2)c2ccccc2)cc1. The summed E-state index contributed by atoms with van der Waals surface area (Å²) in [6.45, 7) is 6.86. The van der Waals surface area contributed by atoms with Crippen molar-refractivity contribution in [2.45, 2.75) is 57.2 Å². The summed E-state index contributed by atoms with van der Waals surface area (Å²) < 4.78 is 0. The van der Waals surface area contributed by atoms with Crippen LogP contribution in [-0.4, -0.2) is 0 Å². The molecule has 0 fully saturated rings. The van der Waals surface area contributed by atoms with Gasteiger partial charge in [-0.2, -0.15) is 0 Å². The van der Waals surface area contributed by atoms with Crippen LogP contribution in [-0.2, 0) is 5.88 Å². The van der Waals surface area contributed by atoms with Crippen LogP contribution in [0.3, 0.4) is 0 Å². The summed E-state index contributed by atoms with van der Waals surface area (Å²) in [4.78, 5) is 0. The van der Waals surface area contributed by atoms with Gasteiger partial charge in [0.1, 0.15) is 0 Å². The van der Waals surface area contributed by atoms with Crippen LogP contribution in [0.2, 0.25) is 0 Å². The first-order chi connectivity index (χ1) is 13.6. The Balaban J connectivity index is 1.77. The summed E-state index contributed by atoms with van der Waals surface area (Å²) in [7, 11) is 0. The molecule has 0 aliphatic rings. The monoisotopic (exact) mass is 390 g/mol. The summed E-state index contributed by atoms with van der Waals surface area (Å²) >= 11 is 5.95. The molecule has 0 amide bonds. The molecule has 0 radical (unpaired) electrons. The Labute approximate surface area is 175 Å². The standard InChI is InChI=1S/C27H31Cl/c1-20-9-13-24(14-10-20)21(2)17-27(26-7-5-4-6-8-26)18-22(3)25-15-11-23(19-28)12-16-25/h4-16,21-22,27H,17-19H2,1-3H3. The zero-order chi connectivity index (χ0) is 19.9. The molecule has 0 heterocycles. The molecular formula is C27H31Cl. The highest BCUT2D eigenvalue weighted by Crippen LogP contribution is 2.37. The van der Waals surface area contributed by atoms with Crippen molar-refractivity contribution >= 4 is 11.6 Å². The van der Waals surface area contributed by atoms with Gasteiger partial charge in [-0.05, 0) is 59.8 Å². The van der Waals surface area contributed by atoms with E-state index in [1.165, 1.54) is 27.8 Å². The lowest BCUT2D eigenvalue weighted by Gasteiger charge is -2.25. The first-order valence-corrected chi connectivity index (χ1v) is 10.9. The van der Waals surface area contributed by atoms with Gasteiger partial charge in [0, 0.05) is 5.88 Å². The number of aryl methyl sites for hydroxylation is 1. The fourth-order valence-electron chi connectivity index (χ4n) is 4.05. The maximum atomic E-state index is 5.95. The minimum Gasteiger partial charge on any atom is -0.122 e. The second-order valence-corrected chi connectivity index (χ2v) is 8.43. The highest BCUT2D eigenvalue weighted by atomic mass is 35.5. The third-order valence-corrected chi connectivity index (χ3v) is 6.21. The average molecular weight is 391 g/mol. The molecule has 0 saturated carbocycles. The molecule has 3 rings (SSSR count). The Kier molecular flexibility index (Phi) is 7.34. The van der Waals surface area contributed by atoms with E-state index in [0.717, 1.165) is 12.8 Å². The van der Waals surface area contributed by atoms with E-state index in [4.69, 9.17) is 11.6 Å². The molecule has 0 saturated heterocycles. The van der Waals surface area contributed by atoms with Crippen LogP contribution >= 0.6 is 11.6 Å². The topological polar surface area (TPSA) is 0 Å². The van der Waals surface area contributed by atoms with E-state index in [-0.39, 0.29) is 0 Å². The van der Waals surface area contributed by atoms with Crippen LogP contribution in [0, 0.1) is 6.92 Å². The van der Waals surface area contributed by atoms with Crippen molar-refractivity contribution in [1.82, 2.24) is 0 Å². The van der Waals surface area contributed by atoms with Gasteiger partial charge in [-0.1, -0.05) is 98.3 Å². The molecule has 0 N–H and O–H groups in total. The van der Waals surface area contributed by atoms with Gasteiger partial charge >= 0.3 is 0 Å². The van der Waals surface area contributed by atoms with Gasteiger partial charge in [-0.3, -0.25) is 0 Å². The molecule has 1 heteroatoms. The van der Waals surface area contributed by atoms with Gasteiger partial charge in [0.25, 0.3) is 0 Å². The first kappa shape index (κ1) is 20.7. The van der Waals surface area contributed by atoms with Crippen molar-refractivity contribution in [3.8, 4) is 0 Å². The Morgan fingerprint density at radius 2 is 1.14 bits per heavy atom. The number of hydrogen-bond donors (Lipinski definition) is 0. The van der Waals surface area contributed by atoms with Crippen molar-refractivity contribution in [3.63, 3.8) is 0 Å². The highest BCUT2D eigenvalue weighted by Gasteiger charge is 2.20. The summed E-state index contributed by atoms with van der Waals surface area (Å²) in [5.74, 6) is 2.17. The maximum absolute atomic E-state index is 5.95. The van der Waals surface area contributed by atoms with Gasteiger partial charge in [-0.25, -0.2) is 0 Å². The smallest absolute Gasteiger partial charge is 0.0474 e. The maximum Gasteiger partial charge on any atom is 0.0474 e. The van der Waals surface area contributed by atoms with E-state index in [1.54, 1.807) is 0 Å². The van der Waals surface area contributed by atoms with Crippen LogP contribution in [0.5, 0.6) is 0 Å². The zero-order valence-electron chi connectivity index (χ0n) is 17.2. The predicted molar refractivity (Wildman–Crippen MR) is 122 cm³/mol. The van der Waals surface area contributed by atoms with Crippen molar-refractivity contribution < 1.29 is 0 Å². The molecule has 3 unspecified atom stereocenters. The predicted octanol–water partition coefficient (Wildman–Crippen LogP) is 8.21. The van der Waals surface area contributed by atoms with Crippen molar-refractivity contribution in [3.05, 3.63) is 107 Å². The largest absolute Gasteiger partial charge is 0.122 e. The normalized spacial score (nSPS) is 14.4. The van der Waals surface area contributed by atoms with E-state index >= 15 is 0 Å². The molecule has 0 aliphatic carbocycles. The van der Waals surface area contributed by atoms with Gasteiger partial charge in [0.15, 0.2) is 0 Å². The highest BCUT2D eigenvalue weighted by molar-refractivity contribution is 6.17. The Hall–Kier alpha value is -2.05. The molecule has 0 aliphatic heterocycles. The van der Waals surface area contributed by atoms with E-state index in [2.05, 4.69) is 99.6 Å². The summed E-state index contributed by atoms with van der Waals surface area (Å²) in [6, 6.07) is 28.8. The van der Waals surface area contributed by atoms with Gasteiger partial charge < -0.3 is 0 Å². The fraction of sp³-hybridized carbons (Fsp3) is 0.333. The molecule has 146 valence electrons. The molecule has 3 aromatic rings. The number of halogens is 1. The van der Waals surface area contributed by atoms with E-state index in [1.807, 2.05) is 0 Å². The van der Waals surface area contributed by atoms with E-state index in [9.17, 15) is 0 Å². The van der Waals surface area contributed by atoms with Crippen molar-refractivity contribution in [1.29, 1.82) is 0 Å². The van der Waals surface area contributed by atoms with Crippen molar-refractivity contribution in [2.75, 3.05) is 0 Å². The Bertz CT molecular complexity index is 834. The molecular weight excluding hydrogens is 360 g/mol. The van der Waals surface area contributed by atoms with Crippen LogP contribution in [0.1, 0.15) is 72.3 Å². The minimum absolute atomic E-state index is 0.514. The second kappa shape index (κ2) is 9.94. The van der Waals surface area contributed by atoms with Crippen LogP contribution in [0.4, 0.5) is 0 Å². The van der Waals surface area contributed by atoms with Crippen LogP contribution in [0.25, 0.3) is 0 Å². The lowest BCUT2D eigenvalue weighted by Crippen LogP contribution is -2.08. The number of benzene rings is 3. The average Bonchev–Trinajstić information content (AvgIpc) is 2.74. The summed E-state index contributed by atoms with van der Waals surface area (Å²) in [5.41, 5.74) is 6.80. The lowest BCUT2D eigenvalue weighted by molar-refractivity contribution is 0.489. The third-order valence-electron chi connectivity index (χ3n) is 5.90. The molecule has 0 bridgehead atoms. The first-order valence-electron chi connectivity index (χ1n) is 10.3. The van der Waals surface area contributed by atoms with Crippen LogP contribution < -0.4 is 0 Å². The quantitative estimate of drug-likeness (QED) is 0.340. The minimum atomic E-state index is 0.514. The van der Waals surface area contributed by atoms with Gasteiger partial charge in [0.2, 0.25) is 0 Å². The molecule has 0 nitrogen and oxygen atoms in total. The summed E-state index contributed by atoms with van der Waals surface area (Å²) in [6.07, 6.45) is 2.32. The fourth-order valence-corrected chi connectivity index (χ4v) is 4.23. The van der Waals surface area contributed by atoms with Gasteiger partial charge in [-0.15, -0.1) is 11.6 Å². The second-order valence-electron chi connectivity index (χ2n) is 8.17. The molecule has 0 spiro atoms. The molecule has 28 heavy (non-hydrogen) atoms. The molecule has 0 aromatic heterocycles. The lowest BCUT2D eigenvalue weighted by atomic mass is 9.79. The van der Waals surface area contributed by atoms with Crippen molar-refractivity contribution in [2.24, 2.45) is 0 Å². The number of rotatable bonds is 8.